The standard InChI is InChI=1S/C20H34N2O4S/c1-20(2,3)27(23,24)22-14-6-4-5-13-21-17-7-9-18(10-8-17)26-19-11-15-25-16-12-19/h7-10,19,21-22H,4-6,11-16H2,1-3H3. The minimum atomic E-state index is -3.23. The van der Waals surface area contributed by atoms with Crippen molar-refractivity contribution in [3.63, 3.8) is 0 Å². The summed E-state index contributed by atoms with van der Waals surface area (Å²) in [6.07, 6.45) is 4.97. The summed E-state index contributed by atoms with van der Waals surface area (Å²) in [4.78, 5) is 0. The van der Waals surface area contributed by atoms with E-state index in [9.17, 15) is 8.42 Å². The van der Waals surface area contributed by atoms with E-state index in [-0.39, 0.29) is 6.10 Å². The fraction of sp³-hybridized carbons (Fsp3) is 0.700. The molecule has 0 atom stereocenters. The predicted molar refractivity (Wildman–Crippen MR) is 110 cm³/mol. The topological polar surface area (TPSA) is 76.7 Å². The van der Waals surface area contributed by atoms with Gasteiger partial charge >= 0.3 is 0 Å². The summed E-state index contributed by atoms with van der Waals surface area (Å²) in [7, 11) is -3.23. The van der Waals surface area contributed by atoms with Gasteiger partial charge in [0, 0.05) is 31.6 Å². The number of rotatable bonds is 10. The summed E-state index contributed by atoms with van der Waals surface area (Å²) >= 11 is 0. The van der Waals surface area contributed by atoms with Crippen LogP contribution < -0.4 is 14.8 Å². The Bertz CT molecular complexity index is 648. The van der Waals surface area contributed by atoms with Crippen LogP contribution in [0.2, 0.25) is 0 Å². The van der Waals surface area contributed by atoms with Crippen molar-refractivity contribution in [3.05, 3.63) is 24.3 Å². The normalized spacial score (nSPS) is 16.3. The van der Waals surface area contributed by atoms with E-state index in [1.165, 1.54) is 0 Å². The minimum Gasteiger partial charge on any atom is -0.490 e. The molecule has 0 spiro atoms. The average molecular weight is 399 g/mol. The molecule has 2 rings (SSSR count). The summed E-state index contributed by atoms with van der Waals surface area (Å²) in [5.41, 5.74) is 1.07. The van der Waals surface area contributed by atoms with E-state index in [4.69, 9.17) is 9.47 Å². The molecule has 0 bridgehead atoms. The van der Waals surface area contributed by atoms with E-state index < -0.39 is 14.8 Å². The molecule has 1 aromatic carbocycles. The number of ether oxygens (including phenoxy) is 2. The molecular weight excluding hydrogens is 364 g/mol. The largest absolute Gasteiger partial charge is 0.490 e. The maximum Gasteiger partial charge on any atom is 0.216 e. The Morgan fingerprint density at radius 3 is 2.30 bits per heavy atom. The van der Waals surface area contributed by atoms with Gasteiger partial charge in [0.2, 0.25) is 10.0 Å². The molecule has 0 radical (unpaired) electrons. The predicted octanol–water partition coefficient (Wildman–Crippen LogP) is 3.54. The van der Waals surface area contributed by atoms with Crippen molar-refractivity contribution >= 4 is 15.7 Å². The van der Waals surface area contributed by atoms with E-state index in [1.54, 1.807) is 20.8 Å². The van der Waals surface area contributed by atoms with Gasteiger partial charge in [-0.1, -0.05) is 6.42 Å². The Morgan fingerprint density at radius 1 is 1.04 bits per heavy atom. The maximum atomic E-state index is 11.9. The Labute approximate surface area is 164 Å². The van der Waals surface area contributed by atoms with Crippen molar-refractivity contribution in [2.24, 2.45) is 0 Å². The SMILES string of the molecule is CC(C)(C)S(=O)(=O)NCCCCCNc1ccc(OC2CCOCC2)cc1. The summed E-state index contributed by atoms with van der Waals surface area (Å²) in [6, 6.07) is 8.07. The van der Waals surface area contributed by atoms with Crippen molar-refractivity contribution in [2.45, 2.75) is 63.7 Å². The van der Waals surface area contributed by atoms with Gasteiger partial charge in [-0.15, -0.1) is 0 Å². The van der Waals surface area contributed by atoms with E-state index >= 15 is 0 Å². The first-order valence-corrected chi connectivity index (χ1v) is 11.3. The second-order valence-corrected chi connectivity index (χ2v) is 10.5. The van der Waals surface area contributed by atoms with Crippen molar-refractivity contribution in [1.82, 2.24) is 4.72 Å². The van der Waals surface area contributed by atoms with Crippen LogP contribution in [0.15, 0.2) is 24.3 Å². The summed E-state index contributed by atoms with van der Waals surface area (Å²) in [6.45, 7) is 8.05. The van der Waals surface area contributed by atoms with E-state index in [2.05, 4.69) is 10.0 Å². The Balaban J connectivity index is 1.58. The van der Waals surface area contributed by atoms with Gasteiger partial charge < -0.3 is 14.8 Å². The number of benzene rings is 1. The van der Waals surface area contributed by atoms with Gasteiger partial charge in [-0.25, -0.2) is 13.1 Å². The summed E-state index contributed by atoms with van der Waals surface area (Å²) < 4.78 is 37.1. The first-order chi connectivity index (χ1) is 12.8. The summed E-state index contributed by atoms with van der Waals surface area (Å²) in [5, 5.41) is 3.39. The van der Waals surface area contributed by atoms with E-state index in [1.807, 2.05) is 24.3 Å². The van der Waals surface area contributed by atoms with Crippen molar-refractivity contribution in [1.29, 1.82) is 0 Å². The fourth-order valence-electron chi connectivity index (χ4n) is 2.72. The van der Waals surface area contributed by atoms with Crippen LogP contribution in [0.3, 0.4) is 0 Å². The Kier molecular flexibility index (Phi) is 8.38. The second kappa shape index (κ2) is 10.3. The molecule has 0 aromatic heterocycles. The smallest absolute Gasteiger partial charge is 0.216 e. The number of sulfonamides is 1. The Morgan fingerprint density at radius 2 is 1.67 bits per heavy atom. The molecule has 27 heavy (non-hydrogen) atoms. The van der Waals surface area contributed by atoms with Crippen molar-refractivity contribution in [3.8, 4) is 5.75 Å². The van der Waals surface area contributed by atoms with Gasteiger partial charge in [0.05, 0.1) is 18.0 Å². The molecule has 0 saturated carbocycles. The lowest BCUT2D eigenvalue weighted by Gasteiger charge is -2.23. The molecule has 1 saturated heterocycles. The molecule has 6 nitrogen and oxygen atoms in total. The van der Waals surface area contributed by atoms with Crippen LogP contribution in [0.5, 0.6) is 5.75 Å². The van der Waals surface area contributed by atoms with Crippen LogP contribution in [0.1, 0.15) is 52.9 Å². The highest BCUT2D eigenvalue weighted by Crippen LogP contribution is 2.20. The highest BCUT2D eigenvalue weighted by atomic mass is 32.2. The first kappa shape index (κ1) is 22.0. The van der Waals surface area contributed by atoms with Crippen LogP contribution in [0.25, 0.3) is 0 Å². The van der Waals surface area contributed by atoms with Crippen LogP contribution in [-0.4, -0.2) is 45.6 Å². The highest BCUT2D eigenvalue weighted by Gasteiger charge is 2.27. The fourth-order valence-corrected chi connectivity index (χ4v) is 3.57. The van der Waals surface area contributed by atoms with Gasteiger partial charge in [-0.2, -0.15) is 0 Å². The molecule has 1 aromatic rings. The van der Waals surface area contributed by atoms with E-state index in [0.717, 1.165) is 63.3 Å². The van der Waals surface area contributed by atoms with Gasteiger partial charge in [0.15, 0.2) is 0 Å². The molecule has 1 aliphatic heterocycles. The van der Waals surface area contributed by atoms with Gasteiger partial charge in [0.25, 0.3) is 0 Å². The maximum absolute atomic E-state index is 11.9. The molecule has 0 amide bonds. The molecule has 154 valence electrons. The second-order valence-electron chi connectivity index (χ2n) is 7.95. The van der Waals surface area contributed by atoms with Gasteiger partial charge in [-0.05, 0) is 57.9 Å². The number of anilines is 1. The molecule has 0 unspecified atom stereocenters. The quantitative estimate of drug-likeness (QED) is 0.590. The third-order valence-corrected chi connectivity index (χ3v) is 6.80. The summed E-state index contributed by atoms with van der Waals surface area (Å²) in [5.74, 6) is 0.901. The van der Waals surface area contributed by atoms with Gasteiger partial charge in [-0.3, -0.25) is 0 Å². The molecule has 1 fully saturated rings. The third-order valence-electron chi connectivity index (χ3n) is 4.61. The van der Waals surface area contributed by atoms with Crippen LogP contribution in [-0.2, 0) is 14.8 Å². The highest BCUT2D eigenvalue weighted by molar-refractivity contribution is 7.90. The Hall–Kier alpha value is -1.31. The van der Waals surface area contributed by atoms with Crippen LogP contribution in [0.4, 0.5) is 5.69 Å². The average Bonchev–Trinajstić information content (AvgIpc) is 2.62. The van der Waals surface area contributed by atoms with Gasteiger partial charge in [0.1, 0.15) is 11.9 Å². The zero-order chi connectivity index (χ0) is 19.8. The van der Waals surface area contributed by atoms with Crippen molar-refractivity contribution in [2.75, 3.05) is 31.6 Å². The lowest BCUT2D eigenvalue weighted by molar-refractivity contribution is 0.0256. The molecule has 7 heteroatoms. The monoisotopic (exact) mass is 398 g/mol. The van der Waals surface area contributed by atoms with E-state index in [0.29, 0.717) is 6.54 Å². The molecule has 1 heterocycles. The zero-order valence-corrected chi connectivity index (χ0v) is 17.6. The van der Waals surface area contributed by atoms with Crippen molar-refractivity contribution < 1.29 is 17.9 Å². The third kappa shape index (κ3) is 7.68. The first-order valence-electron chi connectivity index (χ1n) is 9.85. The number of nitrogens with one attached hydrogen (secondary N) is 2. The molecule has 0 aliphatic carbocycles. The molecule has 1 aliphatic rings. The van der Waals surface area contributed by atoms with Crippen LogP contribution in [0, 0.1) is 0 Å². The number of unbranched alkanes of at least 4 members (excludes halogenated alkanes) is 2. The molecular formula is C20H34N2O4S. The number of hydrogen-bond acceptors (Lipinski definition) is 5. The molecule has 2 N–H and O–H groups in total. The number of hydrogen-bond donors (Lipinski definition) is 2. The minimum absolute atomic E-state index is 0.258. The lowest BCUT2D eigenvalue weighted by atomic mass is 10.1. The lowest BCUT2D eigenvalue weighted by Crippen LogP contribution is -2.39. The zero-order valence-electron chi connectivity index (χ0n) is 16.8. The van der Waals surface area contributed by atoms with Crippen LogP contribution >= 0.6 is 0 Å².